The highest BCUT2D eigenvalue weighted by Gasteiger charge is 2.35. The number of carbonyl (C=O) groups is 2. The highest BCUT2D eigenvalue weighted by molar-refractivity contribution is 7.08. The van der Waals surface area contributed by atoms with E-state index >= 15 is 0 Å². The van der Waals surface area contributed by atoms with E-state index in [0.29, 0.717) is 6.54 Å². The maximum Gasteiger partial charge on any atom is 0.329 e. The van der Waals surface area contributed by atoms with E-state index in [1.807, 2.05) is 17.7 Å². The van der Waals surface area contributed by atoms with Gasteiger partial charge in [-0.1, -0.05) is 0 Å². The number of carboxylic acids is 1. The largest absolute Gasteiger partial charge is 0.480 e. The molecular formula is C12H18N2O3S. The minimum atomic E-state index is -1.23. The van der Waals surface area contributed by atoms with Gasteiger partial charge in [0.05, 0.1) is 0 Å². The monoisotopic (exact) mass is 270 g/mol. The minimum absolute atomic E-state index is 0.395. The van der Waals surface area contributed by atoms with Crippen molar-refractivity contribution in [1.82, 2.24) is 10.2 Å². The lowest BCUT2D eigenvalue weighted by Gasteiger charge is -2.31. The Labute approximate surface area is 110 Å². The molecule has 1 rings (SSSR count). The molecule has 0 saturated carbocycles. The molecule has 0 atom stereocenters. The van der Waals surface area contributed by atoms with E-state index in [-0.39, 0.29) is 0 Å². The average Bonchev–Trinajstić information content (AvgIpc) is 2.70. The van der Waals surface area contributed by atoms with Crippen LogP contribution >= 0.6 is 11.3 Å². The summed E-state index contributed by atoms with van der Waals surface area (Å²) >= 11 is 1.58. The fraction of sp³-hybridized carbons (Fsp3) is 0.500. The lowest BCUT2D eigenvalue weighted by molar-refractivity contribution is -0.146. The second-order valence-corrected chi connectivity index (χ2v) is 5.41. The number of hydrogen-bond acceptors (Lipinski definition) is 3. The number of urea groups is 1. The molecule has 0 radical (unpaired) electrons. The summed E-state index contributed by atoms with van der Waals surface area (Å²) in [6.45, 7) is 5.37. The number of likely N-dealkylation sites (N-methyl/N-ethyl adjacent to an activating group) is 1. The molecule has 1 aromatic heterocycles. The third-order valence-electron chi connectivity index (χ3n) is 3.06. The summed E-state index contributed by atoms with van der Waals surface area (Å²) in [7, 11) is 1.48. The highest BCUT2D eigenvalue weighted by atomic mass is 32.1. The van der Waals surface area contributed by atoms with Gasteiger partial charge in [0, 0.05) is 13.6 Å². The molecule has 1 heterocycles. The molecule has 2 amide bonds. The molecule has 0 unspecified atom stereocenters. The average molecular weight is 270 g/mol. The van der Waals surface area contributed by atoms with Crippen molar-refractivity contribution in [2.24, 2.45) is 0 Å². The van der Waals surface area contributed by atoms with Gasteiger partial charge >= 0.3 is 12.0 Å². The number of thiophene rings is 1. The fourth-order valence-electron chi connectivity index (χ4n) is 1.25. The third kappa shape index (κ3) is 3.01. The van der Waals surface area contributed by atoms with Crippen LogP contribution in [0.15, 0.2) is 10.8 Å². The third-order valence-corrected chi connectivity index (χ3v) is 3.97. The van der Waals surface area contributed by atoms with Crippen LogP contribution in [-0.2, 0) is 11.3 Å². The maximum absolute atomic E-state index is 11.9. The van der Waals surface area contributed by atoms with Crippen molar-refractivity contribution < 1.29 is 14.7 Å². The van der Waals surface area contributed by atoms with Gasteiger partial charge in [-0.2, -0.15) is 11.3 Å². The topological polar surface area (TPSA) is 69.6 Å². The predicted octanol–water partition coefficient (Wildman–Crippen LogP) is 2.06. The number of amides is 2. The van der Waals surface area contributed by atoms with Crippen molar-refractivity contribution in [2.45, 2.75) is 32.9 Å². The van der Waals surface area contributed by atoms with Crippen LogP contribution in [0.3, 0.4) is 0 Å². The molecule has 100 valence electrons. The number of carboxylic acid groups (broad SMARTS) is 1. The summed E-state index contributed by atoms with van der Waals surface area (Å²) in [5.41, 5.74) is 0.948. The van der Waals surface area contributed by atoms with Crippen molar-refractivity contribution in [1.29, 1.82) is 0 Å². The van der Waals surface area contributed by atoms with Gasteiger partial charge in [-0.25, -0.2) is 9.59 Å². The van der Waals surface area contributed by atoms with Crippen LogP contribution in [0.4, 0.5) is 4.79 Å². The van der Waals surface area contributed by atoms with E-state index in [1.54, 1.807) is 11.3 Å². The molecule has 2 N–H and O–H groups in total. The number of aryl methyl sites for hydroxylation is 1. The summed E-state index contributed by atoms with van der Waals surface area (Å²) in [4.78, 5) is 24.1. The van der Waals surface area contributed by atoms with Crippen LogP contribution in [0.5, 0.6) is 0 Å². The van der Waals surface area contributed by atoms with E-state index in [1.165, 1.54) is 25.8 Å². The Kier molecular flexibility index (Phi) is 4.34. The number of hydrogen-bond donors (Lipinski definition) is 2. The Morgan fingerprint density at radius 2 is 2.06 bits per heavy atom. The lowest BCUT2D eigenvalue weighted by atomic mass is 10.1. The lowest BCUT2D eigenvalue weighted by Crippen LogP contribution is -2.53. The second-order valence-electron chi connectivity index (χ2n) is 4.66. The summed E-state index contributed by atoms with van der Waals surface area (Å²) in [5.74, 6) is -1.04. The molecule has 0 aliphatic carbocycles. The number of nitrogens with zero attached hydrogens (tertiary/aromatic N) is 1. The van der Waals surface area contributed by atoms with Crippen LogP contribution in [-0.4, -0.2) is 34.6 Å². The van der Waals surface area contributed by atoms with Gasteiger partial charge in [0.25, 0.3) is 0 Å². The first-order valence-corrected chi connectivity index (χ1v) is 6.47. The van der Waals surface area contributed by atoms with E-state index in [2.05, 4.69) is 5.32 Å². The van der Waals surface area contributed by atoms with Crippen LogP contribution in [0.1, 0.15) is 25.0 Å². The number of nitrogens with one attached hydrogen (secondary N) is 1. The molecule has 6 heteroatoms. The molecule has 18 heavy (non-hydrogen) atoms. The molecule has 0 aromatic carbocycles. The van der Waals surface area contributed by atoms with Crippen LogP contribution < -0.4 is 5.32 Å². The molecule has 0 aliphatic heterocycles. The van der Waals surface area contributed by atoms with Gasteiger partial charge < -0.3 is 15.3 Å². The van der Waals surface area contributed by atoms with Crippen molar-refractivity contribution >= 4 is 23.3 Å². The summed E-state index contributed by atoms with van der Waals surface area (Å²) in [6.07, 6.45) is 0. The molecule has 0 fully saturated rings. The van der Waals surface area contributed by atoms with Gasteiger partial charge in [0.1, 0.15) is 5.54 Å². The Bertz CT molecular complexity index is 454. The number of rotatable bonds is 4. The molecule has 1 aromatic rings. The van der Waals surface area contributed by atoms with Gasteiger partial charge in [-0.3, -0.25) is 0 Å². The van der Waals surface area contributed by atoms with Crippen molar-refractivity contribution in [3.05, 3.63) is 21.9 Å². The summed E-state index contributed by atoms with van der Waals surface area (Å²) in [6, 6.07) is -0.395. The van der Waals surface area contributed by atoms with Gasteiger partial charge in [-0.05, 0) is 42.7 Å². The summed E-state index contributed by atoms with van der Waals surface area (Å²) in [5, 5.41) is 15.7. The first-order chi connectivity index (χ1) is 8.26. The van der Waals surface area contributed by atoms with E-state index in [0.717, 1.165) is 11.1 Å². The minimum Gasteiger partial charge on any atom is -0.480 e. The van der Waals surface area contributed by atoms with Gasteiger partial charge in [0.15, 0.2) is 0 Å². The SMILES string of the molecule is Cc1cscc1CNC(=O)N(C)C(C)(C)C(=O)O. The van der Waals surface area contributed by atoms with E-state index in [4.69, 9.17) is 5.11 Å². The zero-order chi connectivity index (χ0) is 13.9. The van der Waals surface area contributed by atoms with Crippen molar-refractivity contribution in [3.8, 4) is 0 Å². The quantitative estimate of drug-likeness (QED) is 0.880. The first-order valence-electron chi connectivity index (χ1n) is 5.53. The van der Waals surface area contributed by atoms with E-state index in [9.17, 15) is 9.59 Å². The first kappa shape index (κ1) is 14.5. The molecule has 0 spiro atoms. The standard InChI is InChI=1S/C12H18N2O3S/c1-8-6-18-7-9(8)5-13-11(17)14(4)12(2,3)10(15)16/h6-7H,5H2,1-4H3,(H,13,17)(H,15,16). The van der Waals surface area contributed by atoms with E-state index < -0.39 is 17.5 Å². The molecule has 0 saturated heterocycles. The highest BCUT2D eigenvalue weighted by Crippen LogP contribution is 2.15. The summed E-state index contributed by atoms with van der Waals surface area (Å²) < 4.78 is 0. The zero-order valence-electron chi connectivity index (χ0n) is 11.0. The molecule has 0 aliphatic rings. The fourth-order valence-corrected chi connectivity index (χ4v) is 2.11. The number of aliphatic carboxylic acids is 1. The van der Waals surface area contributed by atoms with Gasteiger partial charge in [-0.15, -0.1) is 0 Å². The Morgan fingerprint density at radius 3 is 2.50 bits per heavy atom. The maximum atomic E-state index is 11.9. The zero-order valence-corrected chi connectivity index (χ0v) is 11.8. The van der Waals surface area contributed by atoms with Crippen molar-refractivity contribution in [3.63, 3.8) is 0 Å². The van der Waals surface area contributed by atoms with Crippen LogP contribution in [0.2, 0.25) is 0 Å². The van der Waals surface area contributed by atoms with Crippen LogP contribution in [0.25, 0.3) is 0 Å². The molecular weight excluding hydrogens is 252 g/mol. The smallest absolute Gasteiger partial charge is 0.329 e. The van der Waals surface area contributed by atoms with Gasteiger partial charge in [0.2, 0.25) is 0 Å². The normalized spacial score (nSPS) is 11.1. The van der Waals surface area contributed by atoms with Crippen molar-refractivity contribution in [2.75, 3.05) is 7.05 Å². The predicted molar refractivity (Wildman–Crippen MR) is 70.8 cm³/mol. The van der Waals surface area contributed by atoms with Crippen LogP contribution in [0, 0.1) is 6.92 Å². The molecule has 0 bridgehead atoms. The molecule has 5 nitrogen and oxygen atoms in total. The second kappa shape index (κ2) is 5.39. The Morgan fingerprint density at radius 1 is 1.44 bits per heavy atom. The Balaban J connectivity index is 2.61. The number of carbonyl (C=O) groups excluding carboxylic acids is 1. The Hall–Kier alpha value is -1.56.